The Hall–Kier alpha value is -3.76. The van der Waals surface area contributed by atoms with Crippen molar-refractivity contribution in [1.82, 2.24) is 25.0 Å². The summed E-state index contributed by atoms with van der Waals surface area (Å²) in [5.74, 6) is -0.543. The van der Waals surface area contributed by atoms with E-state index in [1.54, 1.807) is 23.1 Å². The molecule has 0 aliphatic heterocycles. The van der Waals surface area contributed by atoms with Crippen molar-refractivity contribution in [2.45, 2.75) is 50.7 Å². The third kappa shape index (κ3) is 3.62. The number of benzene rings is 1. The van der Waals surface area contributed by atoms with Crippen LogP contribution in [0.25, 0.3) is 11.3 Å². The lowest BCUT2D eigenvalue weighted by atomic mass is 9.66. The normalized spacial score (nSPS) is 21.9. The fraction of sp³-hybridized carbons (Fsp3) is 0.357. The topological polar surface area (TPSA) is 109 Å². The van der Waals surface area contributed by atoms with E-state index < -0.39 is 23.2 Å². The Balaban J connectivity index is 1.37. The molecule has 8 nitrogen and oxygen atoms in total. The number of aliphatic hydroxyl groups excluding tert-OH is 2. The summed E-state index contributed by atoms with van der Waals surface area (Å²) in [5.41, 5.74) is 2.64. The predicted octanol–water partition coefficient (Wildman–Crippen LogP) is 4.31. The SMILES string of the molecule is CC1(C)[C@H]2CC[C@]1(c1cccc(Nc3cnn(CC(O)CO)c3)n1)c1nnc(-c3c(F)cccc3F)cc12. The average molecular weight is 519 g/mol. The fourth-order valence-electron chi connectivity index (χ4n) is 6.45. The van der Waals surface area contributed by atoms with Gasteiger partial charge in [-0.15, -0.1) is 5.10 Å². The molecule has 0 spiro atoms. The monoisotopic (exact) mass is 518 g/mol. The van der Waals surface area contributed by atoms with Crippen molar-refractivity contribution in [3.05, 3.63) is 83.4 Å². The van der Waals surface area contributed by atoms with Crippen LogP contribution >= 0.6 is 0 Å². The van der Waals surface area contributed by atoms with Crippen molar-refractivity contribution in [2.24, 2.45) is 5.41 Å². The number of anilines is 2. The number of aromatic nitrogens is 5. The zero-order valence-electron chi connectivity index (χ0n) is 21.1. The van der Waals surface area contributed by atoms with Crippen molar-refractivity contribution in [1.29, 1.82) is 0 Å². The van der Waals surface area contributed by atoms with Gasteiger partial charge in [-0.3, -0.25) is 4.68 Å². The highest BCUT2D eigenvalue weighted by Crippen LogP contribution is 2.69. The highest BCUT2D eigenvalue weighted by molar-refractivity contribution is 5.64. The number of rotatable bonds is 7. The molecular formula is C28H28F2N6O2. The second kappa shape index (κ2) is 8.92. The number of nitrogens with one attached hydrogen (secondary N) is 1. The van der Waals surface area contributed by atoms with Gasteiger partial charge in [0.2, 0.25) is 0 Å². The molecule has 1 unspecified atom stereocenters. The van der Waals surface area contributed by atoms with Crippen molar-refractivity contribution in [3.63, 3.8) is 0 Å². The first-order chi connectivity index (χ1) is 18.2. The molecule has 4 aromatic rings. The molecule has 38 heavy (non-hydrogen) atoms. The Morgan fingerprint density at radius 2 is 1.89 bits per heavy atom. The Morgan fingerprint density at radius 1 is 1.13 bits per heavy atom. The minimum Gasteiger partial charge on any atom is -0.394 e. The van der Waals surface area contributed by atoms with Gasteiger partial charge in [-0.2, -0.15) is 10.2 Å². The largest absolute Gasteiger partial charge is 0.394 e. The van der Waals surface area contributed by atoms with Crippen molar-refractivity contribution in [2.75, 3.05) is 11.9 Å². The highest BCUT2D eigenvalue weighted by Gasteiger charge is 2.65. The first-order valence-corrected chi connectivity index (χ1v) is 12.6. The maximum atomic E-state index is 14.5. The van der Waals surface area contributed by atoms with Crippen LogP contribution in [0.2, 0.25) is 0 Å². The van der Waals surface area contributed by atoms with E-state index in [9.17, 15) is 13.9 Å². The van der Waals surface area contributed by atoms with Crippen LogP contribution in [0.3, 0.4) is 0 Å². The molecule has 2 aliphatic carbocycles. The van der Waals surface area contributed by atoms with E-state index in [4.69, 9.17) is 10.1 Å². The van der Waals surface area contributed by atoms with E-state index in [2.05, 4.69) is 34.5 Å². The minimum absolute atomic E-state index is 0.149. The number of halogens is 2. The Kier molecular flexibility index (Phi) is 5.77. The number of hydrogen-bond donors (Lipinski definition) is 3. The molecule has 196 valence electrons. The predicted molar refractivity (Wildman–Crippen MR) is 137 cm³/mol. The highest BCUT2D eigenvalue weighted by atomic mass is 19.1. The van der Waals surface area contributed by atoms with Crippen LogP contribution < -0.4 is 5.32 Å². The van der Waals surface area contributed by atoms with E-state index in [0.29, 0.717) is 11.5 Å². The van der Waals surface area contributed by atoms with Crippen LogP contribution in [0.15, 0.2) is 54.9 Å². The first kappa shape index (κ1) is 24.6. The Labute approximate surface area is 218 Å². The standard InChI is InChI=1S/C28H28F2N6O2/c1-27(2)19-9-10-28(27,26-18(19)11-22(34-35-26)25-20(29)5-3-6-21(25)30)23-7-4-8-24(33-23)32-16-12-31-36(13-16)14-17(38)15-37/h3-8,11-13,17,19,37-38H,9-10,14-15H2,1-2H3,(H,32,33)/t17?,19-,28-/m0/s1. The first-order valence-electron chi connectivity index (χ1n) is 12.6. The molecule has 0 saturated heterocycles. The Morgan fingerprint density at radius 3 is 2.66 bits per heavy atom. The van der Waals surface area contributed by atoms with E-state index in [-0.39, 0.29) is 35.7 Å². The van der Waals surface area contributed by atoms with Crippen LogP contribution in [0, 0.1) is 17.0 Å². The van der Waals surface area contributed by atoms with Gasteiger partial charge in [0, 0.05) is 6.20 Å². The zero-order valence-corrected chi connectivity index (χ0v) is 21.1. The molecule has 10 heteroatoms. The lowest BCUT2D eigenvalue weighted by Gasteiger charge is -2.37. The van der Waals surface area contributed by atoms with E-state index in [1.165, 1.54) is 18.2 Å². The molecule has 2 bridgehead atoms. The summed E-state index contributed by atoms with van der Waals surface area (Å²) < 4.78 is 30.6. The lowest BCUT2D eigenvalue weighted by molar-refractivity contribution is 0.0783. The van der Waals surface area contributed by atoms with Crippen molar-refractivity contribution >= 4 is 11.5 Å². The molecule has 2 aliphatic rings. The van der Waals surface area contributed by atoms with Gasteiger partial charge in [0.05, 0.1) is 59.2 Å². The smallest absolute Gasteiger partial charge is 0.135 e. The summed E-state index contributed by atoms with van der Waals surface area (Å²) >= 11 is 0. The molecule has 0 amide bonds. The maximum Gasteiger partial charge on any atom is 0.135 e. The van der Waals surface area contributed by atoms with Crippen LogP contribution in [0.1, 0.15) is 49.6 Å². The lowest BCUT2D eigenvalue weighted by Crippen LogP contribution is -2.37. The van der Waals surface area contributed by atoms with Crippen LogP contribution in [0.5, 0.6) is 0 Å². The van der Waals surface area contributed by atoms with Gasteiger partial charge >= 0.3 is 0 Å². The summed E-state index contributed by atoms with van der Waals surface area (Å²) in [4.78, 5) is 4.98. The van der Waals surface area contributed by atoms with Gasteiger partial charge < -0.3 is 15.5 Å². The molecule has 6 rings (SSSR count). The molecular weight excluding hydrogens is 490 g/mol. The van der Waals surface area contributed by atoms with Crippen LogP contribution in [-0.2, 0) is 12.0 Å². The van der Waals surface area contributed by atoms with Gasteiger partial charge in [0.25, 0.3) is 0 Å². The van der Waals surface area contributed by atoms with Gasteiger partial charge in [-0.05, 0) is 60.1 Å². The number of pyridine rings is 1. The number of hydrogen-bond acceptors (Lipinski definition) is 7. The average Bonchev–Trinajstić information content (AvgIpc) is 3.50. The maximum absolute atomic E-state index is 14.5. The molecule has 1 saturated carbocycles. The fourth-order valence-corrected chi connectivity index (χ4v) is 6.45. The van der Waals surface area contributed by atoms with Gasteiger partial charge in [-0.25, -0.2) is 13.8 Å². The zero-order chi connectivity index (χ0) is 26.7. The van der Waals surface area contributed by atoms with Crippen molar-refractivity contribution < 1.29 is 19.0 Å². The summed E-state index contributed by atoms with van der Waals surface area (Å²) in [6.07, 6.45) is 4.23. The second-order valence-corrected chi connectivity index (χ2v) is 10.7. The molecule has 3 heterocycles. The van der Waals surface area contributed by atoms with Crippen LogP contribution in [0.4, 0.5) is 20.3 Å². The number of aliphatic hydroxyl groups is 2. The molecule has 0 radical (unpaired) electrons. The van der Waals surface area contributed by atoms with Crippen LogP contribution in [-0.4, -0.2) is 47.9 Å². The molecule has 1 fully saturated rings. The molecule has 3 N–H and O–H groups in total. The van der Waals surface area contributed by atoms with Gasteiger partial charge in [0.1, 0.15) is 17.5 Å². The third-order valence-corrected chi connectivity index (χ3v) is 8.30. The summed E-state index contributed by atoms with van der Waals surface area (Å²) in [6, 6.07) is 11.4. The summed E-state index contributed by atoms with van der Waals surface area (Å²) in [6.45, 7) is 4.24. The van der Waals surface area contributed by atoms with E-state index in [1.807, 2.05) is 18.2 Å². The number of fused-ring (bicyclic) bond motifs is 5. The molecule has 3 aromatic heterocycles. The quantitative estimate of drug-likeness (QED) is 0.334. The second-order valence-electron chi connectivity index (χ2n) is 10.7. The van der Waals surface area contributed by atoms with Gasteiger partial charge in [0.15, 0.2) is 0 Å². The number of nitrogens with zero attached hydrogens (tertiary/aromatic N) is 5. The summed E-state index contributed by atoms with van der Waals surface area (Å²) in [5, 5.41) is 35.1. The minimum atomic E-state index is -0.889. The van der Waals surface area contributed by atoms with Gasteiger partial charge in [-0.1, -0.05) is 26.0 Å². The Bertz CT molecular complexity index is 1500. The third-order valence-electron chi connectivity index (χ3n) is 8.30. The van der Waals surface area contributed by atoms with Crippen molar-refractivity contribution in [3.8, 4) is 11.3 Å². The van der Waals surface area contributed by atoms with E-state index in [0.717, 1.165) is 29.8 Å². The molecule has 3 atom stereocenters. The molecule has 1 aromatic carbocycles. The summed E-state index contributed by atoms with van der Waals surface area (Å²) in [7, 11) is 0. The van der Waals surface area contributed by atoms with E-state index >= 15 is 0 Å².